The van der Waals surface area contributed by atoms with E-state index < -0.39 is 4.92 Å². The Hall–Kier alpha value is -2.21. The second-order valence-electron chi connectivity index (χ2n) is 4.13. The summed E-state index contributed by atoms with van der Waals surface area (Å²) >= 11 is 3.26. The summed E-state index contributed by atoms with van der Waals surface area (Å²) in [7, 11) is 0. The van der Waals surface area contributed by atoms with Crippen LogP contribution in [0.2, 0.25) is 0 Å². The smallest absolute Gasteiger partial charge is 0.273 e. The predicted molar refractivity (Wildman–Crippen MR) is 77.4 cm³/mol. The third kappa shape index (κ3) is 3.03. The average molecular weight is 336 g/mol. The van der Waals surface area contributed by atoms with Crippen LogP contribution in [0.15, 0.2) is 40.9 Å². The summed E-state index contributed by atoms with van der Waals surface area (Å²) in [5.74, 6) is 0.637. The van der Waals surface area contributed by atoms with Gasteiger partial charge in [-0.2, -0.15) is 0 Å². The van der Waals surface area contributed by atoms with Crippen molar-refractivity contribution in [3.8, 4) is 11.5 Å². The molecule has 0 radical (unpaired) electrons. The number of nitro groups is 1. The molecule has 0 aliphatic rings. The van der Waals surface area contributed by atoms with Gasteiger partial charge in [0.15, 0.2) is 6.29 Å². The Balaban J connectivity index is 2.41. The number of rotatable bonds is 4. The Bertz CT molecular complexity index is 685. The Morgan fingerprint density at radius 1 is 1.20 bits per heavy atom. The van der Waals surface area contributed by atoms with E-state index in [-0.39, 0.29) is 11.4 Å². The molecule has 2 rings (SSSR count). The highest BCUT2D eigenvalue weighted by molar-refractivity contribution is 9.10. The maximum Gasteiger partial charge on any atom is 0.273 e. The molecule has 0 bridgehead atoms. The molecule has 0 unspecified atom stereocenters. The highest BCUT2D eigenvalue weighted by Gasteiger charge is 2.13. The van der Waals surface area contributed by atoms with Gasteiger partial charge in [-0.15, -0.1) is 0 Å². The molecule has 6 heteroatoms. The van der Waals surface area contributed by atoms with Gasteiger partial charge in [-0.3, -0.25) is 14.9 Å². The molecule has 2 aromatic carbocycles. The highest BCUT2D eigenvalue weighted by Crippen LogP contribution is 2.34. The Morgan fingerprint density at radius 2 is 1.95 bits per heavy atom. The van der Waals surface area contributed by atoms with Gasteiger partial charge in [-0.05, 0) is 41.1 Å². The fraction of sp³-hybridized carbons (Fsp3) is 0.0714. The predicted octanol–water partition coefficient (Wildman–Crippen LogP) is 4.27. The standard InChI is InChI=1S/C14H10BrNO4/c1-9-2-5-13(10(6-9)8-17)20-14-7-11(16(18)19)3-4-12(14)15/h2-8H,1H3. The number of benzene rings is 2. The first-order chi connectivity index (χ1) is 9.51. The van der Waals surface area contributed by atoms with E-state index in [0.717, 1.165) is 5.56 Å². The fourth-order valence-electron chi connectivity index (χ4n) is 1.66. The number of nitro benzene ring substituents is 1. The summed E-state index contributed by atoms with van der Waals surface area (Å²) in [6, 6.07) is 9.35. The Kier molecular flexibility index (Phi) is 4.14. The number of hydrogen-bond donors (Lipinski definition) is 0. The maximum atomic E-state index is 11.0. The molecule has 0 amide bonds. The van der Waals surface area contributed by atoms with Gasteiger partial charge in [0.2, 0.25) is 0 Å². The minimum atomic E-state index is -0.505. The quantitative estimate of drug-likeness (QED) is 0.475. The van der Waals surface area contributed by atoms with E-state index in [1.54, 1.807) is 18.2 Å². The zero-order valence-electron chi connectivity index (χ0n) is 10.5. The number of ether oxygens (including phenoxy) is 1. The van der Waals surface area contributed by atoms with Crippen molar-refractivity contribution in [1.29, 1.82) is 0 Å². The van der Waals surface area contributed by atoms with Crippen LogP contribution in [0, 0.1) is 17.0 Å². The molecule has 0 N–H and O–H groups in total. The van der Waals surface area contributed by atoms with E-state index in [2.05, 4.69) is 15.9 Å². The fourth-order valence-corrected chi connectivity index (χ4v) is 1.98. The average Bonchev–Trinajstić information content (AvgIpc) is 2.42. The van der Waals surface area contributed by atoms with E-state index in [4.69, 9.17) is 4.74 Å². The number of nitrogens with zero attached hydrogens (tertiary/aromatic N) is 1. The first-order valence-corrected chi connectivity index (χ1v) is 6.48. The van der Waals surface area contributed by atoms with Crippen LogP contribution < -0.4 is 4.74 Å². The zero-order chi connectivity index (χ0) is 14.7. The summed E-state index contributed by atoms with van der Waals surface area (Å²) in [5, 5.41) is 10.8. The molecule has 2 aromatic rings. The lowest BCUT2D eigenvalue weighted by molar-refractivity contribution is -0.384. The molecular weight excluding hydrogens is 326 g/mol. The number of hydrogen-bond acceptors (Lipinski definition) is 4. The van der Waals surface area contributed by atoms with E-state index >= 15 is 0 Å². The molecule has 0 aliphatic heterocycles. The monoisotopic (exact) mass is 335 g/mol. The van der Waals surface area contributed by atoms with Crippen molar-refractivity contribution in [2.75, 3.05) is 0 Å². The second kappa shape index (κ2) is 5.83. The molecule has 0 saturated heterocycles. The van der Waals surface area contributed by atoms with Crippen LogP contribution >= 0.6 is 15.9 Å². The number of aldehydes is 1. The van der Waals surface area contributed by atoms with Gasteiger partial charge in [-0.25, -0.2) is 0 Å². The van der Waals surface area contributed by atoms with E-state index in [9.17, 15) is 14.9 Å². The second-order valence-corrected chi connectivity index (χ2v) is 4.99. The van der Waals surface area contributed by atoms with Crippen LogP contribution in [0.5, 0.6) is 11.5 Å². The van der Waals surface area contributed by atoms with Crippen LogP contribution in [-0.2, 0) is 0 Å². The van der Waals surface area contributed by atoms with E-state index in [1.807, 2.05) is 6.92 Å². The lowest BCUT2D eigenvalue weighted by atomic mass is 10.1. The third-order valence-electron chi connectivity index (χ3n) is 2.64. The molecule has 0 spiro atoms. The summed E-state index contributed by atoms with van der Waals surface area (Å²) in [6.07, 6.45) is 0.688. The highest BCUT2D eigenvalue weighted by atomic mass is 79.9. The number of halogens is 1. The lowest BCUT2D eigenvalue weighted by Gasteiger charge is -2.10. The van der Waals surface area contributed by atoms with Crippen LogP contribution in [-0.4, -0.2) is 11.2 Å². The summed E-state index contributed by atoms with van der Waals surface area (Å²) in [5.41, 5.74) is 1.24. The van der Waals surface area contributed by atoms with Crippen molar-refractivity contribution >= 4 is 27.9 Å². The summed E-state index contributed by atoms with van der Waals surface area (Å²) in [6.45, 7) is 1.86. The molecule has 0 saturated carbocycles. The summed E-state index contributed by atoms with van der Waals surface area (Å²) < 4.78 is 6.16. The van der Waals surface area contributed by atoms with Gasteiger partial charge >= 0.3 is 0 Å². The number of carbonyl (C=O) groups excluding carboxylic acids is 1. The normalized spacial score (nSPS) is 10.1. The molecule has 0 aliphatic carbocycles. The van der Waals surface area contributed by atoms with E-state index in [0.29, 0.717) is 22.1 Å². The van der Waals surface area contributed by atoms with Crippen LogP contribution in [0.3, 0.4) is 0 Å². The first-order valence-electron chi connectivity index (χ1n) is 5.69. The van der Waals surface area contributed by atoms with Crippen molar-refractivity contribution in [2.45, 2.75) is 6.92 Å². The van der Waals surface area contributed by atoms with Crippen molar-refractivity contribution < 1.29 is 14.5 Å². The van der Waals surface area contributed by atoms with Crippen molar-refractivity contribution in [3.05, 3.63) is 62.1 Å². The Labute approximate surface area is 123 Å². The molecule has 20 heavy (non-hydrogen) atoms. The minimum absolute atomic E-state index is 0.0806. The topological polar surface area (TPSA) is 69.4 Å². The maximum absolute atomic E-state index is 11.0. The van der Waals surface area contributed by atoms with Crippen LogP contribution in [0.1, 0.15) is 15.9 Å². The van der Waals surface area contributed by atoms with E-state index in [1.165, 1.54) is 18.2 Å². The molecule has 0 fully saturated rings. The number of carbonyl (C=O) groups is 1. The third-order valence-corrected chi connectivity index (χ3v) is 3.29. The molecule has 5 nitrogen and oxygen atoms in total. The zero-order valence-corrected chi connectivity index (χ0v) is 12.1. The van der Waals surface area contributed by atoms with Gasteiger partial charge in [0.05, 0.1) is 21.0 Å². The molecule has 0 heterocycles. The van der Waals surface area contributed by atoms with Crippen LogP contribution in [0.4, 0.5) is 5.69 Å². The van der Waals surface area contributed by atoms with Gasteiger partial charge in [0, 0.05) is 6.07 Å². The van der Waals surface area contributed by atoms with Gasteiger partial charge < -0.3 is 4.74 Å². The molecule has 102 valence electrons. The number of non-ortho nitro benzene ring substituents is 1. The summed E-state index contributed by atoms with van der Waals surface area (Å²) in [4.78, 5) is 21.3. The molecule has 0 atom stereocenters. The van der Waals surface area contributed by atoms with Crippen molar-refractivity contribution in [1.82, 2.24) is 0 Å². The SMILES string of the molecule is Cc1ccc(Oc2cc([N+](=O)[O-])ccc2Br)c(C=O)c1. The van der Waals surface area contributed by atoms with Crippen LogP contribution in [0.25, 0.3) is 0 Å². The van der Waals surface area contributed by atoms with Crippen molar-refractivity contribution in [2.24, 2.45) is 0 Å². The Morgan fingerprint density at radius 3 is 2.60 bits per heavy atom. The van der Waals surface area contributed by atoms with Gasteiger partial charge in [0.1, 0.15) is 11.5 Å². The largest absolute Gasteiger partial charge is 0.455 e. The first kappa shape index (κ1) is 14.2. The number of aryl methyl sites for hydroxylation is 1. The van der Waals surface area contributed by atoms with Gasteiger partial charge in [-0.1, -0.05) is 11.6 Å². The molecular formula is C14H10BrNO4. The van der Waals surface area contributed by atoms with Crippen molar-refractivity contribution in [3.63, 3.8) is 0 Å². The van der Waals surface area contributed by atoms with Gasteiger partial charge in [0.25, 0.3) is 5.69 Å². The molecule has 0 aromatic heterocycles. The minimum Gasteiger partial charge on any atom is -0.455 e. The lowest BCUT2D eigenvalue weighted by Crippen LogP contribution is -1.94.